The average Bonchev–Trinajstić information content (AvgIpc) is 4.06. The Morgan fingerprint density at radius 1 is 0.616 bits per heavy atom. The SMILES string of the molecule is CCOP(=O)(Cc1ccc(C[C@H](NC(=O)[C@H](Cc2cnc[nH]2)NC(=O)OCc2ccccc2)C(=O)N[C@@H](COCc2ccccc2)C(=O)N[C@@H](Cc2c[nH]c3ccccc23)C(=O)N[C@H](C)C(N)=O)cc1)OCC. The topological polar surface area (TPSA) is 287 Å². The van der Waals surface area contributed by atoms with Crippen LogP contribution in [0.1, 0.15) is 54.3 Å². The minimum atomic E-state index is -3.47. The zero-order valence-electron chi connectivity index (χ0n) is 40.8. The summed E-state index contributed by atoms with van der Waals surface area (Å²) < 4.78 is 35.8. The van der Waals surface area contributed by atoms with E-state index in [0.717, 1.165) is 16.5 Å². The van der Waals surface area contributed by atoms with Crippen molar-refractivity contribution in [2.45, 2.75) is 89.6 Å². The van der Waals surface area contributed by atoms with Gasteiger partial charge in [-0.1, -0.05) is 103 Å². The molecule has 0 aliphatic rings. The van der Waals surface area contributed by atoms with Gasteiger partial charge in [-0.15, -0.1) is 0 Å². The molecule has 21 heteroatoms. The van der Waals surface area contributed by atoms with Gasteiger partial charge in [-0.25, -0.2) is 9.78 Å². The molecule has 4 aromatic carbocycles. The van der Waals surface area contributed by atoms with Crippen LogP contribution in [0.3, 0.4) is 0 Å². The monoisotopic (exact) mass is 1020 g/mol. The quantitative estimate of drug-likeness (QED) is 0.0312. The maximum absolute atomic E-state index is 14.8. The van der Waals surface area contributed by atoms with Crippen LogP contribution < -0.4 is 32.3 Å². The summed E-state index contributed by atoms with van der Waals surface area (Å²) in [7, 11) is -3.47. The Labute approximate surface area is 422 Å². The van der Waals surface area contributed by atoms with E-state index in [4.69, 9.17) is 24.3 Å². The number of nitrogens with two attached hydrogens (primary N) is 1. The Morgan fingerprint density at radius 2 is 1.16 bits per heavy atom. The van der Waals surface area contributed by atoms with E-state index in [0.29, 0.717) is 27.9 Å². The summed E-state index contributed by atoms with van der Waals surface area (Å²) in [6.07, 6.45) is 3.44. The first kappa shape index (κ1) is 54.7. The average molecular weight is 1020 g/mol. The molecule has 5 atom stereocenters. The maximum atomic E-state index is 14.8. The zero-order valence-corrected chi connectivity index (χ0v) is 41.7. The standard InChI is InChI=1S/C52H62N9O11P/c1-4-71-73(68,72-5-2)32-38-22-20-35(21-23-38)24-43(58-50(65)45(26-40-28-54-33-56-40)61-52(67)70-30-37-16-10-7-11-17-37)49(64)60-46(31-69-29-36-14-8-6-9-15-36)51(66)59-44(48(63)57-34(3)47(53)62)25-39-27-55-42-19-13-12-18-41(39)42/h6-23,27-28,33-34,43-46,55H,4-5,24-26,29-32H2,1-3H3,(H2,53,62)(H,54,56)(H,57,63)(H,58,65)(H,59,66)(H,60,64)(H,61,67)/t34-,43+,44+,45+,46+/m1/s1. The largest absolute Gasteiger partial charge is 0.445 e. The molecule has 0 saturated heterocycles. The predicted molar refractivity (Wildman–Crippen MR) is 271 cm³/mol. The van der Waals surface area contributed by atoms with Crippen LogP contribution in [-0.4, -0.2) is 101 Å². The maximum Gasteiger partial charge on any atom is 0.408 e. The Balaban J connectivity index is 1.29. The first-order valence-corrected chi connectivity index (χ1v) is 25.5. The smallest absolute Gasteiger partial charge is 0.408 e. The Hall–Kier alpha value is -7.64. The molecule has 9 N–H and O–H groups in total. The van der Waals surface area contributed by atoms with Gasteiger partial charge in [-0.3, -0.25) is 28.5 Å². The molecule has 0 bridgehead atoms. The summed E-state index contributed by atoms with van der Waals surface area (Å²) in [5.74, 6) is -3.95. The highest BCUT2D eigenvalue weighted by Gasteiger charge is 2.34. The fraction of sp³-hybridized carbons (Fsp3) is 0.327. The molecule has 6 amide bonds. The number of aromatic amines is 2. The number of amides is 6. The number of ether oxygens (including phenoxy) is 2. The number of nitrogens with one attached hydrogen (secondary N) is 7. The number of nitrogens with zero attached hydrogens (tertiary/aromatic N) is 1. The highest BCUT2D eigenvalue weighted by molar-refractivity contribution is 7.53. The molecule has 0 fully saturated rings. The van der Waals surface area contributed by atoms with Crippen LogP contribution in [0.5, 0.6) is 0 Å². The fourth-order valence-electron chi connectivity index (χ4n) is 7.69. The highest BCUT2D eigenvalue weighted by atomic mass is 31.2. The first-order valence-electron chi connectivity index (χ1n) is 23.8. The van der Waals surface area contributed by atoms with Crippen molar-refractivity contribution in [1.82, 2.24) is 41.5 Å². The predicted octanol–water partition coefficient (Wildman–Crippen LogP) is 4.64. The number of carbonyl (C=O) groups is 6. The first-order chi connectivity index (χ1) is 35.2. The minimum absolute atomic E-state index is 0.0164. The molecule has 386 valence electrons. The number of rotatable bonds is 28. The molecule has 2 heterocycles. The van der Waals surface area contributed by atoms with Crippen molar-refractivity contribution in [1.29, 1.82) is 0 Å². The lowest BCUT2D eigenvalue weighted by atomic mass is 10.0. The number of benzene rings is 4. The highest BCUT2D eigenvalue weighted by Crippen LogP contribution is 2.51. The fourth-order valence-corrected chi connectivity index (χ4v) is 9.39. The van der Waals surface area contributed by atoms with Gasteiger partial charge in [-0.2, -0.15) is 0 Å². The lowest BCUT2D eigenvalue weighted by Gasteiger charge is -2.27. The number of hydrogen-bond donors (Lipinski definition) is 8. The van der Waals surface area contributed by atoms with E-state index in [2.05, 4.69) is 41.5 Å². The third-order valence-corrected chi connectivity index (χ3v) is 13.5. The molecule has 6 rings (SSSR count). The van der Waals surface area contributed by atoms with E-state index in [1.54, 1.807) is 68.6 Å². The number of para-hydroxylation sites is 1. The molecule has 0 aliphatic carbocycles. The van der Waals surface area contributed by atoms with Gasteiger partial charge in [0, 0.05) is 48.3 Å². The van der Waals surface area contributed by atoms with Crippen LogP contribution >= 0.6 is 7.60 Å². The number of alkyl carbamates (subject to hydrolysis) is 1. The molecule has 2 aromatic heterocycles. The zero-order chi connectivity index (χ0) is 52.2. The van der Waals surface area contributed by atoms with Crippen LogP contribution in [0.4, 0.5) is 4.79 Å². The number of primary amides is 1. The number of H-pyrrole nitrogens is 2. The van der Waals surface area contributed by atoms with E-state index in [1.165, 1.54) is 19.4 Å². The van der Waals surface area contributed by atoms with Gasteiger partial charge < -0.3 is 60.8 Å². The third kappa shape index (κ3) is 17.0. The van der Waals surface area contributed by atoms with Crippen molar-refractivity contribution in [2.75, 3.05) is 19.8 Å². The van der Waals surface area contributed by atoms with Crippen molar-refractivity contribution >= 4 is 54.1 Å². The minimum Gasteiger partial charge on any atom is -0.445 e. The van der Waals surface area contributed by atoms with E-state index in [-0.39, 0.29) is 51.9 Å². The van der Waals surface area contributed by atoms with E-state index < -0.39 is 80.0 Å². The summed E-state index contributed by atoms with van der Waals surface area (Å²) in [6, 6.07) is 25.7. The number of carbonyl (C=O) groups excluding carboxylic acids is 6. The number of aromatic nitrogens is 3. The van der Waals surface area contributed by atoms with E-state index >= 15 is 0 Å². The summed E-state index contributed by atoms with van der Waals surface area (Å²) in [5.41, 5.74) is 10.1. The molecule has 6 aromatic rings. The van der Waals surface area contributed by atoms with Gasteiger partial charge in [0.05, 0.1) is 38.9 Å². The van der Waals surface area contributed by atoms with Crippen molar-refractivity contribution in [2.24, 2.45) is 5.73 Å². The van der Waals surface area contributed by atoms with Crippen LogP contribution in [0, 0.1) is 0 Å². The molecular formula is C52H62N9O11P. The molecule has 0 spiro atoms. The van der Waals surface area contributed by atoms with Crippen molar-refractivity contribution in [3.05, 3.63) is 161 Å². The van der Waals surface area contributed by atoms with Crippen molar-refractivity contribution < 1.29 is 51.9 Å². The van der Waals surface area contributed by atoms with Gasteiger partial charge >= 0.3 is 13.7 Å². The summed E-state index contributed by atoms with van der Waals surface area (Å²) >= 11 is 0. The Bertz CT molecular complexity index is 2790. The van der Waals surface area contributed by atoms with Crippen LogP contribution in [0.2, 0.25) is 0 Å². The van der Waals surface area contributed by atoms with Gasteiger partial charge in [0.25, 0.3) is 0 Å². The summed E-state index contributed by atoms with van der Waals surface area (Å²) in [5, 5.41) is 14.3. The van der Waals surface area contributed by atoms with Crippen LogP contribution in [-0.2, 0) is 85.7 Å². The molecule has 0 unspecified atom stereocenters. The Morgan fingerprint density at radius 3 is 1.78 bits per heavy atom. The molecule has 0 saturated carbocycles. The molecular weight excluding hydrogens is 958 g/mol. The lowest BCUT2D eigenvalue weighted by molar-refractivity contribution is -0.135. The lowest BCUT2D eigenvalue weighted by Crippen LogP contribution is -2.60. The van der Waals surface area contributed by atoms with Crippen LogP contribution in [0.15, 0.2) is 128 Å². The number of imidazole rings is 1. The number of fused-ring (bicyclic) bond motifs is 1. The molecule has 73 heavy (non-hydrogen) atoms. The van der Waals surface area contributed by atoms with Gasteiger partial charge in [0.1, 0.15) is 36.8 Å². The van der Waals surface area contributed by atoms with Gasteiger partial charge in [0.2, 0.25) is 29.5 Å². The summed E-state index contributed by atoms with van der Waals surface area (Å²) in [6.45, 7) is 4.77. The molecule has 0 aliphatic heterocycles. The van der Waals surface area contributed by atoms with Crippen LogP contribution in [0.25, 0.3) is 10.9 Å². The molecule has 20 nitrogen and oxygen atoms in total. The van der Waals surface area contributed by atoms with Gasteiger partial charge in [-0.05, 0) is 54.7 Å². The second-order valence-corrected chi connectivity index (χ2v) is 19.1. The summed E-state index contributed by atoms with van der Waals surface area (Å²) in [4.78, 5) is 93.1. The van der Waals surface area contributed by atoms with Crippen molar-refractivity contribution in [3.63, 3.8) is 0 Å². The molecule has 0 radical (unpaired) electrons. The Kier molecular flexibility index (Phi) is 20.4. The van der Waals surface area contributed by atoms with Crippen molar-refractivity contribution in [3.8, 4) is 0 Å². The van der Waals surface area contributed by atoms with E-state index in [1.807, 2.05) is 60.7 Å². The number of hydrogen-bond acceptors (Lipinski definition) is 12. The van der Waals surface area contributed by atoms with Gasteiger partial charge in [0.15, 0.2) is 0 Å². The third-order valence-electron chi connectivity index (χ3n) is 11.5. The second kappa shape index (κ2) is 27.3. The second-order valence-electron chi connectivity index (χ2n) is 17.0. The van der Waals surface area contributed by atoms with E-state index in [9.17, 15) is 33.3 Å². The normalized spacial score (nSPS) is 13.4.